The van der Waals surface area contributed by atoms with Crippen molar-refractivity contribution in [2.45, 2.75) is 5.75 Å². The van der Waals surface area contributed by atoms with Crippen LogP contribution in [0.15, 0.2) is 52.9 Å². The van der Waals surface area contributed by atoms with Crippen molar-refractivity contribution < 1.29 is 17.6 Å². The predicted molar refractivity (Wildman–Crippen MR) is 92.4 cm³/mol. The molecular weight excluding hydrogens is 352 g/mol. The lowest BCUT2D eigenvalue weighted by Gasteiger charge is -2.04. The summed E-state index contributed by atoms with van der Waals surface area (Å²) in [5.41, 5.74) is 1.61. The van der Waals surface area contributed by atoms with Crippen LogP contribution in [0.5, 0.6) is 0 Å². The van der Waals surface area contributed by atoms with Crippen molar-refractivity contribution in [1.82, 2.24) is 0 Å². The number of halogens is 1. The van der Waals surface area contributed by atoms with E-state index < -0.39 is 15.9 Å². The first-order valence-corrected chi connectivity index (χ1v) is 8.99. The zero-order valence-corrected chi connectivity index (χ0v) is 13.9. The van der Waals surface area contributed by atoms with Crippen LogP contribution in [0.3, 0.4) is 0 Å². The second-order valence-electron chi connectivity index (χ2n) is 5.25. The maximum Gasteiger partial charge on any atom is 0.291 e. The van der Waals surface area contributed by atoms with Crippen molar-refractivity contribution in [2.75, 3.05) is 5.32 Å². The summed E-state index contributed by atoms with van der Waals surface area (Å²) in [6, 6.07) is 13.0. The molecule has 0 saturated carbocycles. The second kappa shape index (κ2) is 6.27. The third-order valence-electron chi connectivity index (χ3n) is 3.28. The highest BCUT2D eigenvalue weighted by molar-refractivity contribution is 7.88. The molecule has 0 aliphatic heterocycles. The van der Waals surface area contributed by atoms with Crippen LogP contribution in [0.25, 0.3) is 11.0 Å². The molecule has 1 amide bonds. The number of primary sulfonamides is 1. The Bertz CT molecular complexity index is 1010. The number of nitrogens with two attached hydrogens (primary N) is 1. The number of hydrogen-bond acceptors (Lipinski definition) is 4. The fourth-order valence-corrected chi connectivity index (χ4v) is 3.07. The quantitative estimate of drug-likeness (QED) is 0.742. The third-order valence-corrected chi connectivity index (χ3v) is 4.25. The summed E-state index contributed by atoms with van der Waals surface area (Å²) in [5.74, 6) is -0.520. The molecule has 0 unspecified atom stereocenters. The van der Waals surface area contributed by atoms with E-state index >= 15 is 0 Å². The summed E-state index contributed by atoms with van der Waals surface area (Å²) in [7, 11) is -3.59. The van der Waals surface area contributed by atoms with E-state index in [0.717, 1.165) is 5.39 Å². The van der Waals surface area contributed by atoms with Crippen molar-refractivity contribution in [3.8, 4) is 0 Å². The third kappa shape index (κ3) is 3.94. The average Bonchev–Trinajstić information content (AvgIpc) is 2.91. The lowest BCUT2D eigenvalue weighted by atomic mass is 10.2. The van der Waals surface area contributed by atoms with Gasteiger partial charge in [0.15, 0.2) is 5.76 Å². The molecule has 0 spiro atoms. The largest absolute Gasteiger partial charge is 0.451 e. The number of benzene rings is 2. The molecule has 24 heavy (non-hydrogen) atoms. The normalized spacial score (nSPS) is 11.6. The highest BCUT2D eigenvalue weighted by Gasteiger charge is 2.13. The minimum atomic E-state index is -3.59. The highest BCUT2D eigenvalue weighted by Crippen LogP contribution is 2.23. The molecule has 0 bridgehead atoms. The van der Waals surface area contributed by atoms with E-state index in [2.05, 4.69) is 5.32 Å². The fraction of sp³-hybridized carbons (Fsp3) is 0.0625. The summed E-state index contributed by atoms with van der Waals surface area (Å²) in [6.45, 7) is 0. The van der Waals surface area contributed by atoms with Gasteiger partial charge in [-0.15, -0.1) is 0 Å². The van der Waals surface area contributed by atoms with E-state index in [4.69, 9.17) is 21.2 Å². The van der Waals surface area contributed by atoms with Gasteiger partial charge in [0.2, 0.25) is 10.0 Å². The van der Waals surface area contributed by atoms with Crippen LogP contribution in [0.4, 0.5) is 5.69 Å². The Morgan fingerprint density at radius 1 is 1.12 bits per heavy atom. The van der Waals surface area contributed by atoms with Crippen LogP contribution in [0.2, 0.25) is 5.02 Å². The standard InChI is InChI=1S/C16H13ClN2O4S/c17-12-3-6-14-11(7-12)8-15(23-14)16(20)19-13-4-1-10(2-5-13)9-24(18,21)22/h1-8H,9H2,(H,19,20)(H2,18,21,22). The number of anilines is 1. The Hall–Kier alpha value is -2.35. The minimum Gasteiger partial charge on any atom is -0.451 e. The molecule has 0 aliphatic rings. The smallest absolute Gasteiger partial charge is 0.291 e. The number of carbonyl (C=O) groups is 1. The summed E-state index contributed by atoms with van der Waals surface area (Å²) < 4.78 is 27.6. The predicted octanol–water partition coefficient (Wildman–Crippen LogP) is 3.13. The lowest BCUT2D eigenvalue weighted by molar-refractivity contribution is 0.0998. The number of furan rings is 1. The van der Waals surface area contributed by atoms with Crippen molar-refractivity contribution >= 4 is 44.2 Å². The molecule has 3 rings (SSSR count). The Balaban J connectivity index is 1.76. The molecule has 3 aromatic rings. The Kier molecular flexibility index (Phi) is 4.31. The summed E-state index contributed by atoms with van der Waals surface area (Å²) in [5, 5.41) is 8.96. The summed E-state index contributed by atoms with van der Waals surface area (Å²) in [6.07, 6.45) is 0. The van der Waals surface area contributed by atoms with Crippen molar-refractivity contribution in [3.63, 3.8) is 0 Å². The van der Waals surface area contributed by atoms with Gasteiger partial charge in [-0.1, -0.05) is 23.7 Å². The van der Waals surface area contributed by atoms with Crippen LogP contribution >= 0.6 is 11.6 Å². The molecule has 0 aliphatic carbocycles. The van der Waals surface area contributed by atoms with Crippen LogP contribution < -0.4 is 10.5 Å². The molecular formula is C16H13ClN2O4S. The maximum absolute atomic E-state index is 12.2. The van der Waals surface area contributed by atoms with E-state index in [1.807, 2.05) is 0 Å². The Morgan fingerprint density at radius 2 is 1.83 bits per heavy atom. The van der Waals surface area contributed by atoms with Gasteiger partial charge in [0, 0.05) is 16.1 Å². The topological polar surface area (TPSA) is 102 Å². The summed E-state index contributed by atoms with van der Waals surface area (Å²) in [4.78, 5) is 12.2. The number of hydrogen-bond donors (Lipinski definition) is 2. The van der Waals surface area contributed by atoms with Gasteiger partial charge in [0.05, 0.1) is 5.75 Å². The van der Waals surface area contributed by atoms with Gasteiger partial charge in [-0.2, -0.15) is 0 Å². The first-order valence-electron chi connectivity index (χ1n) is 6.90. The maximum atomic E-state index is 12.2. The van der Waals surface area contributed by atoms with Crippen LogP contribution in [0.1, 0.15) is 16.1 Å². The molecule has 124 valence electrons. The molecule has 0 atom stereocenters. The van der Waals surface area contributed by atoms with Crippen LogP contribution in [-0.2, 0) is 15.8 Å². The molecule has 2 aromatic carbocycles. The Morgan fingerprint density at radius 3 is 2.50 bits per heavy atom. The average molecular weight is 365 g/mol. The van der Waals surface area contributed by atoms with Crippen molar-refractivity contribution in [1.29, 1.82) is 0 Å². The molecule has 3 N–H and O–H groups in total. The monoisotopic (exact) mass is 364 g/mol. The van der Waals surface area contributed by atoms with E-state index in [1.54, 1.807) is 48.5 Å². The highest BCUT2D eigenvalue weighted by atomic mass is 35.5. The second-order valence-corrected chi connectivity index (χ2v) is 7.30. The molecule has 0 saturated heterocycles. The van der Waals surface area contributed by atoms with Crippen molar-refractivity contribution in [2.24, 2.45) is 5.14 Å². The number of sulfonamides is 1. The first kappa shape index (κ1) is 16.5. The number of carbonyl (C=O) groups excluding carboxylic acids is 1. The lowest BCUT2D eigenvalue weighted by Crippen LogP contribution is -2.14. The number of rotatable bonds is 4. The zero-order chi connectivity index (χ0) is 17.3. The first-order chi connectivity index (χ1) is 11.3. The number of amides is 1. The number of fused-ring (bicyclic) bond motifs is 1. The van der Waals surface area contributed by atoms with Gasteiger partial charge in [0.1, 0.15) is 5.58 Å². The Labute approximate surface area is 143 Å². The van der Waals surface area contributed by atoms with Gasteiger partial charge in [-0.3, -0.25) is 4.79 Å². The zero-order valence-electron chi connectivity index (χ0n) is 12.3. The molecule has 0 fully saturated rings. The van der Waals surface area contributed by atoms with E-state index in [1.165, 1.54) is 0 Å². The van der Waals surface area contributed by atoms with Gasteiger partial charge in [-0.05, 0) is 42.0 Å². The molecule has 1 aromatic heterocycles. The molecule has 8 heteroatoms. The SMILES string of the molecule is NS(=O)(=O)Cc1ccc(NC(=O)c2cc3cc(Cl)ccc3o2)cc1. The van der Waals surface area contributed by atoms with E-state index in [-0.39, 0.29) is 11.5 Å². The van der Waals surface area contributed by atoms with Crippen LogP contribution in [-0.4, -0.2) is 14.3 Å². The summed E-state index contributed by atoms with van der Waals surface area (Å²) >= 11 is 5.90. The van der Waals surface area contributed by atoms with Gasteiger partial charge >= 0.3 is 0 Å². The van der Waals surface area contributed by atoms with Gasteiger partial charge in [-0.25, -0.2) is 13.6 Å². The van der Waals surface area contributed by atoms with Gasteiger partial charge < -0.3 is 9.73 Å². The fourth-order valence-electron chi connectivity index (χ4n) is 2.24. The molecule has 1 heterocycles. The molecule has 0 radical (unpaired) electrons. The molecule has 6 nitrogen and oxygen atoms in total. The van der Waals surface area contributed by atoms with Crippen LogP contribution in [0, 0.1) is 0 Å². The minimum absolute atomic E-state index is 0.154. The van der Waals surface area contributed by atoms with Crippen molar-refractivity contribution in [3.05, 3.63) is 64.9 Å². The number of nitrogens with one attached hydrogen (secondary N) is 1. The van der Waals surface area contributed by atoms with Gasteiger partial charge in [0.25, 0.3) is 5.91 Å². The van der Waals surface area contributed by atoms with E-state index in [9.17, 15) is 13.2 Å². The van der Waals surface area contributed by atoms with E-state index in [0.29, 0.717) is 21.9 Å².